The van der Waals surface area contributed by atoms with E-state index in [1.807, 2.05) is 4.90 Å². The Morgan fingerprint density at radius 3 is 2.33 bits per heavy atom. The van der Waals surface area contributed by atoms with Crippen LogP contribution in [0.2, 0.25) is 0 Å². The number of carbonyl (C=O) groups excluding carboxylic acids is 1. The van der Waals surface area contributed by atoms with E-state index >= 15 is 0 Å². The maximum Gasteiger partial charge on any atom is 0.410 e. The number of hydrogen-bond acceptors (Lipinski definition) is 3. The van der Waals surface area contributed by atoms with Crippen LogP contribution in [0.1, 0.15) is 46.5 Å². The highest BCUT2D eigenvalue weighted by molar-refractivity contribution is 5.67. The molecule has 0 aromatic carbocycles. The van der Waals surface area contributed by atoms with Crippen molar-refractivity contribution in [3.63, 3.8) is 0 Å². The maximum absolute atomic E-state index is 12.0. The van der Waals surface area contributed by atoms with Gasteiger partial charge in [-0.25, -0.2) is 4.79 Å². The van der Waals surface area contributed by atoms with Crippen molar-refractivity contribution in [1.82, 2.24) is 9.80 Å². The van der Waals surface area contributed by atoms with Crippen LogP contribution in [-0.2, 0) is 4.74 Å². The molecule has 104 valence electrons. The minimum absolute atomic E-state index is 0.0821. The van der Waals surface area contributed by atoms with Gasteiger partial charge in [-0.2, -0.15) is 0 Å². The van der Waals surface area contributed by atoms with Gasteiger partial charge in [0.15, 0.2) is 0 Å². The molecule has 0 N–H and O–H groups in total. The molecule has 2 heterocycles. The van der Waals surface area contributed by atoms with Crippen LogP contribution in [0.15, 0.2) is 0 Å². The SMILES string of the molecule is CC(C)(C)N1CCC(OC(=O)N2CCCCC2)C1. The van der Waals surface area contributed by atoms with Gasteiger partial charge >= 0.3 is 6.09 Å². The van der Waals surface area contributed by atoms with Crippen LogP contribution in [0, 0.1) is 0 Å². The number of amides is 1. The number of hydrogen-bond donors (Lipinski definition) is 0. The second-order valence-electron chi connectivity index (χ2n) is 6.46. The minimum atomic E-state index is -0.101. The van der Waals surface area contributed by atoms with E-state index in [0.29, 0.717) is 0 Å². The summed E-state index contributed by atoms with van der Waals surface area (Å²) >= 11 is 0. The zero-order chi connectivity index (χ0) is 13.2. The van der Waals surface area contributed by atoms with Gasteiger partial charge in [-0.1, -0.05) is 0 Å². The largest absolute Gasteiger partial charge is 0.445 e. The lowest BCUT2D eigenvalue weighted by Crippen LogP contribution is -2.42. The molecule has 1 amide bonds. The Morgan fingerprint density at radius 1 is 1.11 bits per heavy atom. The standard InChI is InChI=1S/C14H26N2O2/c1-14(2,3)16-10-7-12(11-16)18-13(17)15-8-5-4-6-9-15/h12H,4-11H2,1-3H3. The number of ether oxygens (including phenoxy) is 1. The molecule has 4 heteroatoms. The number of likely N-dealkylation sites (tertiary alicyclic amines) is 2. The molecular weight excluding hydrogens is 228 g/mol. The van der Waals surface area contributed by atoms with Gasteiger partial charge < -0.3 is 9.64 Å². The highest BCUT2D eigenvalue weighted by Gasteiger charge is 2.33. The van der Waals surface area contributed by atoms with Crippen LogP contribution in [0.3, 0.4) is 0 Å². The lowest BCUT2D eigenvalue weighted by atomic mass is 10.1. The predicted octanol–water partition coefficient (Wildman–Crippen LogP) is 2.48. The Morgan fingerprint density at radius 2 is 1.78 bits per heavy atom. The average Bonchev–Trinajstić information content (AvgIpc) is 2.78. The molecule has 0 aliphatic carbocycles. The van der Waals surface area contributed by atoms with E-state index < -0.39 is 0 Å². The normalized spacial score (nSPS) is 26.4. The van der Waals surface area contributed by atoms with Gasteiger partial charge in [0, 0.05) is 31.7 Å². The second-order valence-corrected chi connectivity index (χ2v) is 6.46. The number of nitrogens with zero attached hydrogens (tertiary/aromatic N) is 2. The quantitative estimate of drug-likeness (QED) is 0.720. The van der Waals surface area contributed by atoms with E-state index in [-0.39, 0.29) is 17.7 Å². The van der Waals surface area contributed by atoms with Gasteiger partial charge in [0.1, 0.15) is 6.10 Å². The average molecular weight is 254 g/mol. The molecule has 0 spiro atoms. The van der Waals surface area contributed by atoms with Crippen LogP contribution in [0.5, 0.6) is 0 Å². The lowest BCUT2D eigenvalue weighted by Gasteiger charge is -2.32. The monoisotopic (exact) mass is 254 g/mol. The molecule has 2 fully saturated rings. The molecule has 4 nitrogen and oxygen atoms in total. The van der Waals surface area contributed by atoms with Gasteiger partial charge in [-0.15, -0.1) is 0 Å². The summed E-state index contributed by atoms with van der Waals surface area (Å²) in [6.45, 7) is 10.3. The molecule has 2 aliphatic rings. The van der Waals surface area contributed by atoms with E-state index in [1.165, 1.54) is 6.42 Å². The van der Waals surface area contributed by atoms with Crippen molar-refractivity contribution in [3.8, 4) is 0 Å². The minimum Gasteiger partial charge on any atom is -0.445 e. The summed E-state index contributed by atoms with van der Waals surface area (Å²) in [6.07, 6.45) is 4.43. The highest BCUT2D eigenvalue weighted by Crippen LogP contribution is 2.23. The Balaban J connectivity index is 1.78. The summed E-state index contributed by atoms with van der Waals surface area (Å²) in [5, 5.41) is 0. The molecule has 0 bridgehead atoms. The van der Waals surface area contributed by atoms with Gasteiger partial charge in [0.05, 0.1) is 0 Å². The van der Waals surface area contributed by atoms with E-state index in [1.54, 1.807) is 0 Å². The third kappa shape index (κ3) is 3.37. The molecule has 0 radical (unpaired) electrons. The highest BCUT2D eigenvalue weighted by atomic mass is 16.6. The van der Waals surface area contributed by atoms with Crippen molar-refractivity contribution in [1.29, 1.82) is 0 Å². The Bertz CT molecular complexity index is 293. The number of rotatable bonds is 1. The molecular formula is C14H26N2O2. The van der Waals surface area contributed by atoms with Crippen LogP contribution in [0.25, 0.3) is 0 Å². The summed E-state index contributed by atoms with van der Waals surface area (Å²) in [4.78, 5) is 16.2. The van der Waals surface area contributed by atoms with Crippen LogP contribution in [-0.4, -0.2) is 53.7 Å². The Kier molecular flexibility index (Phi) is 4.15. The number of carbonyl (C=O) groups is 1. The summed E-state index contributed by atoms with van der Waals surface area (Å²) in [5.41, 5.74) is 0.173. The summed E-state index contributed by atoms with van der Waals surface area (Å²) < 4.78 is 5.62. The Hall–Kier alpha value is -0.770. The Labute approximate surface area is 110 Å². The van der Waals surface area contributed by atoms with Crippen molar-refractivity contribution in [3.05, 3.63) is 0 Å². The van der Waals surface area contributed by atoms with Crippen molar-refractivity contribution in [2.75, 3.05) is 26.2 Å². The first-order valence-electron chi connectivity index (χ1n) is 7.17. The molecule has 2 aliphatic heterocycles. The molecule has 1 unspecified atom stereocenters. The molecule has 18 heavy (non-hydrogen) atoms. The van der Waals surface area contributed by atoms with Gasteiger partial charge in [-0.05, 0) is 46.5 Å². The molecule has 0 aromatic rings. The second kappa shape index (κ2) is 5.47. The van der Waals surface area contributed by atoms with Crippen molar-refractivity contribution in [2.24, 2.45) is 0 Å². The fraction of sp³-hybridized carbons (Fsp3) is 0.929. The van der Waals surface area contributed by atoms with Gasteiger partial charge in [0.25, 0.3) is 0 Å². The zero-order valence-electron chi connectivity index (χ0n) is 11.9. The van der Waals surface area contributed by atoms with Gasteiger partial charge in [0.2, 0.25) is 0 Å². The van der Waals surface area contributed by atoms with Crippen molar-refractivity contribution in [2.45, 2.75) is 58.1 Å². The zero-order valence-corrected chi connectivity index (χ0v) is 11.9. The fourth-order valence-electron chi connectivity index (χ4n) is 2.73. The smallest absolute Gasteiger partial charge is 0.410 e. The number of piperidine rings is 1. The van der Waals surface area contributed by atoms with Crippen LogP contribution in [0.4, 0.5) is 4.79 Å². The van der Waals surface area contributed by atoms with E-state index in [9.17, 15) is 4.79 Å². The first-order valence-corrected chi connectivity index (χ1v) is 7.17. The maximum atomic E-state index is 12.0. The summed E-state index contributed by atoms with van der Waals surface area (Å²) in [7, 11) is 0. The summed E-state index contributed by atoms with van der Waals surface area (Å²) in [6, 6.07) is 0. The molecule has 2 saturated heterocycles. The van der Waals surface area contributed by atoms with Crippen LogP contribution < -0.4 is 0 Å². The predicted molar refractivity (Wildman–Crippen MR) is 71.6 cm³/mol. The fourth-order valence-corrected chi connectivity index (χ4v) is 2.73. The first-order chi connectivity index (χ1) is 8.47. The molecule has 0 saturated carbocycles. The molecule has 0 aromatic heterocycles. The summed E-state index contributed by atoms with van der Waals surface area (Å²) in [5.74, 6) is 0. The molecule has 1 atom stereocenters. The lowest BCUT2D eigenvalue weighted by molar-refractivity contribution is 0.0544. The van der Waals surface area contributed by atoms with Crippen molar-refractivity contribution < 1.29 is 9.53 Å². The van der Waals surface area contributed by atoms with E-state index in [4.69, 9.17) is 4.74 Å². The third-order valence-corrected chi connectivity index (χ3v) is 3.98. The van der Waals surface area contributed by atoms with E-state index in [0.717, 1.165) is 45.4 Å². The van der Waals surface area contributed by atoms with Gasteiger partial charge in [-0.3, -0.25) is 4.90 Å². The first kappa shape index (κ1) is 13.7. The third-order valence-electron chi connectivity index (χ3n) is 3.98. The van der Waals surface area contributed by atoms with Crippen LogP contribution >= 0.6 is 0 Å². The van der Waals surface area contributed by atoms with Crippen molar-refractivity contribution >= 4 is 6.09 Å². The molecule has 2 rings (SSSR count). The topological polar surface area (TPSA) is 32.8 Å². The van der Waals surface area contributed by atoms with E-state index in [2.05, 4.69) is 25.7 Å².